The number of amides is 2. The average Bonchev–Trinajstić information content (AvgIpc) is 2.60. The molecule has 152 valence electrons. The zero-order valence-corrected chi connectivity index (χ0v) is 16.8. The molecule has 1 aliphatic heterocycles. The third kappa shape index (κ3) is 6.72. The molecule has 0 saturated heterocycles. The molecule has 0 fully saturated rings. The molecule has 28 heavy (non-hydrogen) atoms. The molecular formula is C21H28N2O5. The summed E-state index contributed by atoms with van der Waals surface area (Å²) in [6.07, 6.45) is 4.70. The Bertz CT molecular complexity index is 765. The maximum Gasteiger partial charge on any atom is 0.407 e. The summed E-state index contributed by atoms with van der Waals surface area (Å²) in [5.41, 5.74) is 2.20. The number of methoxy groups -OCH3 is 1. The van der Waals surface area contributed by atoms with Crippen LogP contribution in [0.25, 0.3) is 6.08 Å². The standard InChI is InChI=1S/C21H28N2O5/c1-21(2,3)28-20(26)22-10-6-5-7-14-8-9-15-12-16(13-18(24)27-4)19(25)23-17(15)11-14/h5,7-9,11,16H,6,10,12-13H2,1-4H3,(H,22,26)(H,23,25). The lowest BCUT2D eigenvalue weighted by molar-refractivity contribution is -0.143. The smallest absolute Gasteiger partial charge is 0.407 e. The molecule has 1 aliphatic rings. The SMILES string of the molecule is COC(=O)CC1Cc2ccc(C=CCCNC(=O)OC(C)(C)C)cc2NC1=O. The number of alkyl carbamates (subject to hydrolysis) is 1. The molecule has 2 N–H and O–H groups in total. The molecule has 0 spiro atoms. The van der Waals surface area contributed by atoms with Crippen molar-refractivity contribution in [1.29, 1.82) is 0 Å². The van der Waals surface area contributed by atoms with E-state index >= 15 is 0 Å². The Morgan fingerprint density at radius 1 is 1.32 bits per heavy atom. The summed E-state index contributed by atoms with van der Waals surface area (Å²) in [5, 5.41) is 5.56. The summed E-state index contributed by atoms with van der Waals surface area (Å²) in [5.74, 6) is -0.955. The van der Waals surface area contributed by atoms with Crippen LogP contribution >= 0.6 is 0 Å². The molecule has 1 unspecified atom stereocenters. The van der Waals surface area contributed by atoms with Crippen LogP contribution in [0, 0.1) is 5.92 Å². The van der Waals surface area contributed by atoms with Gasteiger partial charge in [-0.25, -0.2) is 4.79 Å². The van der Waals surface area contributed by atoms with Gasteiger partial charge in [0.15, 0.2) is 0 Å². The number of benzene rings is 1. The lowest BCUT2D eigenvalue weighted by Gasteiger charge is -2.24. The first-order valence-electron chi connectivity index (χ1n) is 9.32. The van der Waals surface area contributed by atoms with Gasteiger partial charge in [-0.1, -0.05) is 24.3 Å². The van der Waals surface area contributed by atoms with Gasteiger partial charge in [-0.2, -0.15) is 0 Å². The number of rotatable bonds is 6. The second kappa shape index (κ2) is 9.39. The molecule has 1 aromatic carbocycles. The predicted molar refractivity (Wildman–Crippen MR) is 107 cm³/mol. The van der Waals surface area contributed by atoms with Gasteiger partial charge in [0.05, 0.1) is 19.4 Å². The lowest BCUT2D eigenvalue weighted by Crippen LogP contribution is -2.32. The second-order valence-corrected chi connectivity index (χ2v) is 7.71. The Hall–Kier alpha value is -2.83. The van der Waals surface area contributed by atoms with Crippen molar-refractivity contribution in [2.75, 3.05) is 19.0 Å². The predicted octanol–water partition coefficient (Wildman–Crippen LogP) is 3.29. The Labute approximate surface area is 165 Å². The van der Waals surface area contributed by atoms with Crippen LogP contribution in [-0.4, -0.2) is 37.2 Å². The van der Waals surface area contributed by atoms with E-state index < -0.39 is 17.6 Å². The summed E-state index contributed by atoms with van der Waals surface area (Å²) in [6, 6.07) is 5.82. The number of carbonyl (C=O) groups is 3. The molecule has 7 heteroatoms. The quantitative estimate of drug-likeness (QED) is 0.576. The third-order valence-electron chi connectivity index (χ3n) is 4.16. The van der Waals surface area contributed by atoms with Gasteiger partial charge >= 0.3 is 12.1 Å². The van der Waals surface area contributed by atoms with Crippen molar-refractivity contribution in [2.24, 2.45) is 5.92 Å². The Morgan fingerprint density at radius 3 is 2.75 bits per heavy atom. The van der Waals surface area contributed by atoms with Crippen molar-refractivity contribution in [3.8, 4) is 0 Å². The zero-order valence-electron chi connectivity index (χ0n) is 16.8. The lowest BCUT2D eigenvalue weighted by atomic mass is 9.90. The molecule has 0 bridgehead atoms. The van der Waals surface area contributed by atoms with Gasteiger partial charge in [-0.3, -0.25) is 9.59 Å². The van der Waals surface area contributed by atoms with E-state index in [0.717, 1.165) is 16.8 Å². The largest absolute Gasteiger partial charge is 0.469 e. The number of ether oxygens (including phenoxy) is 2. The highest BCUT2D eigenvalue weighted by Crippen LogP contribution is 2.28. The van der Waals surface area contributed by atoms with Gasteiger partial charge in [0.2, 0.25) is 5.91 Å². The van der Waals surface area contributed by atoms with Crippen molar-refractivity contribution in [1.82, 2.24) is 5.32 Å². The van der Waals surface area contributed by atoms with Gasteiger partial charge in [0.25, 0.3) is 0 Å². The fraction of sp³-hybridized carbons (Fsp3) is 0.476. The first kappa shape index (κ1) is 21.5. The van der Waals surface area contributed by atoms with Crippen LogP contribution in [0.4, 0.5) is 10.5 Å². The van der Waals surface area contributed by atoms with Crippen molar-refractivity contribution in [2.45, 2.75) is 45.6 Å². The first-order valence-corrected chi connectivity index (χ1v) is 9.32. The highest BCUT2D eigenvalue weighted by Gasteiger charge is 2.28. The Morgan fingerprint density at radius 2 is 2.07 bits per heavy atom. The summed E-state index contributed by atoms with van der Waals surface area (Å²) >= 11 is 0. The van der Waals surface area contributed by atoms with E-state index in [-0.39, 0.29) is 18.3 Å². The van der Waals surface area contributed by atoms with Crippen LogP contribution in [0.2, 0.25) is 0 Å². The van der Waals surface area contributed by atoms with E-state index in [1.165, 1.54) is 7.11 Å². The molecule has 0 radical (unpaired) electrons. The normalized spacial score (nSPS) is 16.3. The summed E-state index contributed by atoms with van der Waals surface area (Å²) < 4.78 is 9.82. The number of hydrogen-bond donors (Lipinski definition) is 2. The van der Waals surface area contributed by atoms with Crippen molar-refractivity contribution in [3.63, 3.8) is 0 Å². The zero-order chi connectivity index (χ0) is 20.7. The van der Waals surface area contributed by atoms with Crippen LogP contribution in [0.5, 0.6) is 0 Å². The van der Waals surface area contributed by atoms with Gasteiger partial charge < -0.3 is 20.1 Å². The molecular weight excluding hydrogens is 360 g/mol. The van der Waals surface area contributed by atoms with Crippen LogP contribution in [0.3, 0.4) is 0 Å². The minimum Gasteiger partial charge on any atom is -0.469 e. The molecule has 0 saturated carbocycles. The molecule has 1 atom stereocenters. The topological polar surface area (TPSA) is 93.7 Å². The number of hydrogen-bond acceptors (Lipinski definition) is 5. The minimum atomic E-state index is -0.511. The summed E-state index contributed by atoms with van der Waals surface area (Å²) in [4.78, 5) is 35.2. The van der Waals surface area contributed by atoms with Crippen LogP contribution in [-0.2, 0) is 25.5 Å². The fourth-order valence-corrected chi connectivity index (χ4v) is 2.83. The molecule has 0 aromatic heterocycles. The monoisotopic (exact) mass is 388 g/mol. The molecule has 1 aromatic rings. The minimum absolute atomic E-state index is 0.0775. The number of fused-ring (bicyclic) bond motifs is 1. The number of anilines is 1. The van der Waals surface area contributed by atoms with E-state index in [1.54, 1.807) is 0 Å². The van der Waals surface area contributed by atoms with Crippen molar-refractivity contribution in [3.05, 3.63) is 35.4 Å². The van der Waals surface area contributed by atoms with Crippen LogP contribution in [0.1, 0.15) is 44.7 Å². The number of esters is 1. The van der Waals surface area contributed by atoms with Gasteiger partial charge in [0.1, 0.15) is 5.60 Å². The number of nitrogens with one attached hydrogen (secondary N) is 2. The van der Waals surface area contributed by atoms with E-state index in [0.29, 0.717) is 19.4 Å². The van der Waals surface area contributed by atoms with Crippen molar-refractivity contribution >= 4 is 29.7 Å². The summed E-state index contributed by atoms with van der Waals surface area (Å²) in [6.45, 7) is 5.93. The first-order chi connectivity index (χ1) is 13.2. The summed E-state index contributed by atoms with van der Waals surface area (Å²) in [7, 11) is 1.32. The average molecular weight is 388 g/mol. The molecule has 7 nitrogen and oxygen atoms in total. The van der Waals surface area contributed by atoms with Gasteiger partial charge in [0, 0.05) is 12.2 Å². The van der Waals surface area contributed by atoms with Crippen LogP contribution < -0.4 is 10.6 Å². The molecule has 1 heterocycles. The van der Waals surface area contributed by atoms with E-state index in [1.807, 2.05) is 51.1 Å². The van der Waals surface area contributed by atoms with Gasteiger partial charge in [-0.05, 0) is 50.8 Å². The molecule has 0 aliphatic carbocycles. The fourth-order valence-electron chi connectivity index (χ4n) is 2.83. The highest BCUT2D eigenvalue weighted by molar-refractivity contribution is 5.97. The van der Waals surface area contributed by atoms with E-state index in [9.17, 15) is 14.4 Å². The third-order valence-corrected chi connectivity index (χ3v) is 4.16. The van der Waals surface area contributed by atoms with Crippen molar-refractivity contribution < 1.29 is 23.9 Å². The van der Waals surface area contributed by atoms with Gasteiger partial charge in [-0.15, -0.1) is 0 Å². The van der Waals surface area contributed by atoms with Crippen LogP contribution in [0.15, 0.2) is 24.3 Å². The Balaban J connectivity index is 1.86. The second-order valence-electron chi connectivity index (χ2n) is 7.71. The molecule has 2 amide bonds. The number of carbonyl (C=O) groups excluding carboxylic acids is 3. The maximum atomic E-state index is 12.2. The molecule has 2 rings (SSSR count). The Kier molecular flexibility index (Phi) is 7.20. The van der Waals surface area contributed by atoms with E-state index in [2.05, 4.69) is 15.4 Å². The van der Waals surface area contributed by atoms with E-state index in [4.69, 9.17) is 4.74 Å². The highest BCUT2D eigenvalue weighted by atomic mass is 16.6. The maximum absolute atomic E-state index is 12.2.